The summed E-state index contributed by atoms with van der Waals surface area (Å²) in [7, 11) is 0. The molecule has 1 atom stereocenters. The Hall–Kier alpha value is -3.72. The predicted molar refractivity (Wildman–Crippen MR) is 121 cm³/mol. The van der Waals surface area contributed by atoms with Crippen LogP contribution in [0.5, 0.6) is 0 Å². The van der Waals surface area contributed by atoms with Crippen LogP contribution in [0.25, 0.3) is 10.9 Å². The molecule has 162 valence electrons. The summed E-state index contributed by atoms with van der Waals surface area (Å²) in [5.74, 6) is -1.79. The molecule has 4 amide bonds. The van der Waals surface area contributed by atoms with Gasteiger partial charge in [-0.15, -0.1) is 0 Å². The van der Waals surface area contributed by atoms with Crippen molar-refractivity contribution in [2.75, 3.05) is 12.0 Å². The van der Waals surface area contributed by atoms with Crippen molar-refractivity contribution in [1.29, 1.82) is 0 Å². The van der Waals surface area contributed by atoms with Crippen LogP contribution in [-0.4, -0.2) is 51.7 Å². The number of amides is 4. The highest BCUT2D eigenvalue weighted by atomic mass is 32.2. The zero-order valence-corrected chi connectivity index (χ0v) is 18.0. The molecule has 1 aliphatic heterocycles. The van der Waals surface area contributed by atoms with Gasteiger partial charge in [0.05, 0.1) is 16.6 Å². The minimum absolute atomic E-state index is 0.173. The average Bonchev–Trinajstić information content (AvgIpc) is 3.06. The van der Waals surface area contributed by atoms with E-state index in [-0.39, 0.29) is 16.8 Å². The molecule has 8 nitrogen and oxygen atoms in total. The Morgan fingerprint density at radius 3 is 2.31 bits per heavy atom. The summed E-state index contributed by atoms with van der Waals surface area (Å²) < 4.78 is 0. The number of para-hydroxylation sites is 1. The second-order valence-corrected chi connectivity index (χ2v) is 8.15. The molecule has 1 aliphatic rings. The third kappa shape index (κ3) is 4.19. The Morgan fingerprint density at radius 1 is 0.969 bits per heavy atom. The fourth-order valence-corrected chi connectivity index (χ4v) is 3.88. The van der Waals surface area contributed by atoms with Crippen LogP contribution in [0.4, 0.5) is 0 Å². The van der Waals surface area contributed by atoms with Crippen LogP contribution in [-0.2, 0) is 4.79 Å². The lowest BCUT2D eigenvalue weighted by atomic mass is 10.1. The molecule has 0 radical (unpaired) electrons. The largest absolute Gasteiger partial charge is 0.339 e. The van der Waals surface area contributed by atoms with Crippen LogP contribution < -0.4 is 10.7 Å². The number of hydrogen-bond acceptors (Lipinski definition) is 6. The fraction of sp³-hybridized carbons (Fsp3) is 0.174. The molecule has 4 rings (SSSR count). The second-order valence-electron chi connectivity index (χ2n) is 7.16. The summed E-state index contributed by atoms with van der Waals surface area (Å²) in [6, 6.07) is 16.2. The number of carbonyl (C=O) groups is 4. The number of rotatable bonds is 7. The molecule has 2 N–H and O–H groups in total. The lowest BCUT2D eigenvalue weighted by Crippen LogP contribution is -2.54. The van der Waals surface area contributed by atoms with Crippen LogP contribution in [0.1, 0.15) is 37.6 Å². The number of nitrogens with one attached hydrogen (secondary N) is 2. The standard InChI is InChI=1S/C23H20N4O4S/c1-32-13-12-19(25-20(28)18-11-10-14-6-2-5-9-17(14)24-18)21(29)26-27-22(30)15-7-3-4-8-16(15)23(27)31/h2-11,19H,12-13H2,1H3,(H,25,28)(H,26,29). The summed E-state index contributed by atoms with van der Waals surface area (Å²) in [5.41, 5.74) is 3.66. The van der Waals surface area contributed by atoms with Gasteiger partial charge in [0, 0.05) is 5.39 Å². The maximum Gasteiger partial charge on any atom is 0.280 e. The molecule has 2 heterocycles. The van der Waals surface area contributed by atoms with Crippen molar-refractivity contribution < 1.29 is 19.2 Å². The van der Waals surface area contributed by atoms with Gasteiger partial charge in [0.1, 0.15) is 11.7 Å². The molecule has 9 heteroatoms. The Bertz CT molecular complexity index is 1190. The summed E-state index contributed by atoms with van der Waals surface area (Å²) in [6.07, 6.45) is 2.20. The minimum atomic E-state index is -0.951. The number of imide groups is 1. The van der Waals surface area contributed by atoms with E-state index >= 15 is 0 Å². The SMILES string of the molecule is CSCCC(NC(=O)c1ccc2ccccc2n1)C(=O)NN1C(=O)c2ccccc2C1=O. The van der Waals surface area contributed by atoms with Crippen LogP contribution >= 0.6 is 11.8 Å². The molecule has 0 spiro atoms. The number of pyridine rings is 1. The number of fused-ring (bicyclic) bond motifs is 2. The van der Waals surface area contributed by atoms with Gasteiger partial charge in [-0.3, -0.25) is 24.6 Å². The summed E-state index contributed by atoms with van der Waals surface area (Å²) in [5, 5.41) is 4.27. The third-order valence-electron chi connectivity index (χ3n) is 5.08. The molecule has 1 aromatic heterocycles. The van der Waals surface area contributed by atoms with Gasteiger partial charge in [-0.1, -0.05) is 36.4 Å². The van der Waals surface area contributed by atoms with Crippen molar-refractivity contribution in [3.05, 3.63) is 77.5 Å². The van der Waals surface area contributed by atoms with E-state index in [0.717, 1.165) is 5.39 Å². The number of hydrazine groups is 1. The van der Waals surface area contributed by atoms with Crippen molar-refractivity contribution >= 4 is 46.3 Å². The first-order valence-corrected chi connectivity index (χ1v) is 11.3. The molecular weight excluding hydrogens is 428 g/mol. The van der Waals surface area contributed by atoms with Crippen molar-refractivity contribution in [1.82, 2.24) is 20.7 Å². The van der Waals surface area contributed by atoms with Gasteiger partial charge in [0.25, 0.3) is 23.6 Å². The Balaban J connectivity index is 1.50. The molecule has 0 saturated carbocycles. The topological polar surface area (TPSA) is 108 Å². The summed E-state index contributed by atoms with van der Waals surface area (Å²) in [4.78, 5) is 55.2. The smallest absolute Gasteiger partial charge is 0.280 e. The summed E-state index contributed by atoms with van der Waals surface area (Å²) >= 11 is 1.51. The van der Waals surface area contributed by atoms with Crippen molar-refractivity contribution in [3.8, 4) is 0 Å². The van der Waals surface area contributed by atoms with E-state index in [1.807, 2.05) is 24.5 Å². The van der Waals surface area contributed by atoms with E-state index in [1.54, 1.807) is 30.3 Å². The quantitative estimate of drug-likeness (QED) is 0.538. The van der Waals surface area contributed by atoms with Crippen LogP contribution in [0.15, 0.2) is 60.7 Å². The van der Waals surface area contributed by atoms with Crippen molar-refractivity contribution in [2.24, 2.45) is 0 Å². The average molecular weight is 449 g/mol. The highest BCUT2D eigenvalue weighted by molar-refractivity contribution is 7.98. The minimum Gasteiger partial charge on any atom is -0.339 e. The lowest BCUT2D eigenvalue weighted by Gasteiger charge is -2.21. The van der Waals surface area contributed by atoms with Crippen LogP contribution in [0.2, 0.25) is 0 Å². The maximum atomic E-state index is 12.9. The number of hydrogen-bond donors (Lipinski definition) is 2. The molecule has 3 aromatic rings. The van der Waals surface area contributed by atoms with E-state index in [1.165, 1.54) is 23.9 Å². The van der Waals surface area contributed by atoms with Crippen molar-refractivity contribution in [3.63, 3.8) is 0 Å². The predicted octanol–water partition coefficient (Wildman–Crippen LogP) is 2.41. The molecular formula is C23H20N4O4S. The zero-order valence-electron chi connectivity index (χ0n) is 17.2. The van der Waals surface area contributed by atoms with E-state index in [9.17, 15) is 19.2 Å². The van der Waals surface area contributed by atoms with E-state index in [4.69, 9.17) is 0 Å². The second kappa shape index (κ2) is 9.19. The molecule has 32 heavy (non-hydrogen) atoms. The monoisotopic (exact) mass is 448 g/mol. The van der Waals surface area contributed by atoms with Crippen LogP contribution in [0, 0.1) is 0 Å². The Kier molecular flexibility index (Phi) is 6.18. The first-order chi connectivity index (χ1) is 15.5. The Labute approximate surface area is 188 Å². The molecule has 0 bridgehead atoms. The van der Waals surface area contributed by atoms with Crippen LogP contribution in [0.3, 0.4) is 0 Å². The van der Waals surface area contributed by atoms with Crippen molar-refractivity contribution in [2.45, 2.75) is 12.5 Å². The van der Waals surface area contributed by atoms with Gasteiger partial charge >= 0.3 is 0 Å². The highest BCUT2D eigenvalue weighted by Gasteiger charge is 2.37. The van der Waals surface area contributed by atoms with Gasteiger partial charge < -0.3 is 5.32 Å². The normalized spacial score (nSPS) is 13.7. The number of carbonyl (C=O) groups excluding carboxylic acids is 4. The molecule has 0 fully saturated rings. The van der Waals surface area contributed by atoms with E-state index in [2.05, 4.69) is 15.7 Å². The van der Waals surface area contributed by atoms with Gasteiger partial charge in [-0.25, -0.2) is 4.98 Å². The number of thioether (sulfide) groups is 1. The number of aromatic nitrogens is 1. The van der Waals surface area contributed by atoms with Gasteiger partial charge in [-0.05, 0) is 42.7 Å². The zero-order chi connectivity index (χ0) is 22.7. The Morgan fingerprint density at radius 2 is 1.62 bits per heavy atom. The van der Waals surface area contributed by atoms with E-state index in [0.29, 0.717) is 22.7 Å². The van der Waals surface area contributed by atoms with Gasteiger partial charge in [-0.2, -0.15) is 16.8 Å². The highest BCUT2D eigenvalue weighted by Crippen LogP contribution is 2.21. The fourth-order valence-electron chi connectivity index (χ4n) is 3.41. The maximum absolute atomic E-state index is 12.9. The molecule has 1 unspecified atom stereocenters. The third-order valence-corrected chi connectivity index (χ3v) is 5.72. The molecule has 0 aliphatic carbocycles. The molecule has 2 aromatic carbocycles. The first kappa shape index (κ1) is 21.5. The van der Waals surface area contributed by atoms with Gasteiger partial charge in [0.15, 0.2) is 0 Å². The number of nitrogens with zero attached hydrogens (tertiary/aromatic N) is 2. The summed E-state index contributed by atoms with van der Waals surface area (Å²) in [6.45, 7) is 0. The first-order valence-electron chi connectivity index (χ1n) is 9.93. The number of benzene rings is 2. The van der Waals surface area contributed by atoms with E-state index < -0.39 is 29.7 Å². The lowest BCUT2D eigenvalue weighted by molar-refractivity contribution is -0.126. The van der Waals surface area contributed by atoms with Gasteiger partial charge in [0.2, 0.25) is 0 Å². The molecule has 0 saturated heterocycles.